The van der Waals surface area contributed by atoms with Gasteiger partial charge in [-0.3, -0.25) is 4.68 Å². The van der Waals surface area contributed by atoms with E-state index in [2.05, 4.69) is 12.1 Å². The zero-order valence-electron chi connectivity index (χ0n) is 8.65. The second-order valence-corrected chi connectivity index (χ2v) is 4.16. The van der Waals surface area contributed by atoms with Gasteiger partial charge in [0.15, 0.2) is 0 Å². The van der Waals surface area contributed by atoms with Crippen LogP contribution in [-0.4, -0.2) is 22.4 Å². The van der Waals surface area contributed by atoms with Crippen molar-refractivity contribution in [2.24, 2.45) is 0 Å². The van der Waals surface area contributed by atoms with E-state index in [0.717, 1.165) is 12.6 Å². The van der Waals surface area contributed by atoms with Crippen molar-refractivity contribution in [3.8, 4) is 0 Å². The van der Waals surface area contributed by atoms with E-state index in [1.54, 1.807) is 0 Å². The molecule has 0 spiro atoms. The van der Waals surface area contributed by atoms with Crippen LogP contribution in [0.3, 0.4) is 0 Å². The quantitative estimate of drug-likeness (QED) is 0.694. The van der Waals surface area contributed by atoms with Crippen LogP contribution in [-0.2, 0) is 6.54 Å². The van der Waals surface area contributed by atoms with Crippen LogP contribution in [0.25, 0.3) is 0 Å². The van der Waals surface area contributed by atoms with Crippen LogP contribution in [0.4, 0.5) is 0 Å². The van der Waals surface area contributed by atoms with Gasteiger partial charge in [0.25, 0.3) is 0 Å². The molecule has 1 aliphatic rings. The van der Waals surface area contributed by atoms with Crippen molar-refractivity contribution < 1.29 is 4.90 Å². The van der Waals surface area contributed by atoms with Gasteiger partial charge in [0.05, 0.1) is 12.6 Å². The zero-order chi connectivity index (χ0) is 9.80. The summed E-state index contributed by atoms with van der Waals surface area (Å²) in [5.74, 6) is 0. The number of nitrogens with zero attached hydrogens (tertiary/aromatic N) is 2. The minimum atomic E-state index is 0.743. The predicted octanol–water partition coefficient (Wildman–Crippen LogP) is 0.502. The van der Waals surface area contributed by atoms with Crippen molar-refractivity contribution in [2.75, 3.05) is 6.54 Å². The van der Waals surface area contributed by atoms with Crippen LogP contribution in [0.2, 0.25) is 0 Å². The highest BCUT2D eigenvalue weighted by Crippen LogP contribution is 2.06. The lowest BCUT2D eigenvalue weighted by atomic mass is 10.0. The topological polar surface area (TPSA) is 22.3 Å². The third kappa shape index (κ3) is 2.35. The second kappa shape index (κ2) is 4.60. The molecule has 14 heavy (non-hydrogen) atoms. The summed E-state index contributed by atoms with van der Waals surface area (Å²) in [4.78, 5) is 1.46. The van der Waals surface area contributed by atoms with Crippen molar-refractivity contribution in [2.45, 2.75) is 38.3 Å². The highest BCUT2D eigenvalue weighted by atomic mass is 15.3. The molecule has 0 radical (unpaired) electrons. The fraction of sp³-hybridized carbons (Fsp3) is 0.636. The van der Waals surface area contributed by atoms with Crippen LogP contribution in [0.5, 0.6) is 0 Å². The van der Waals surface area contributed by atoms with Gasteiger partial charge in [-0.05, 0) is 25.3 Å². The summed E-state index contributed by atoms with van der Waals surface area (Å²) in [6.07, 6.45) is 9.14. The fourth-order valence-corrected chi connectivity index (χ4v) is 2.22. The van der Waals surface area contributed by atoms with Crippen LogP contribution in [0.15, 0.2) is 18.5 Å². The predicted molar refractivity (Wildman–Crippen MR) is 55.7 cm³/mol. The summed E-state index contributed by atoms with van der Waals surface area (Å²) in [5, 5.41) is 4.21. The van der Waals surface area contributed by atoms with Crippen LogP contribution in [0.1, 0.15) is 25.7 Å². The molecule has 0 saturated carbocycles. The van der Waals surface area contributed by atoms with Crippen LogP contribution < -0.4 is 4.90 Å². The van der Waals surface area contributed by atoms with Crippen molar-refractivity contribution in [3.63, 3.8) is 0 Å². The molecule has 0 amide bonds. The number of likely N-dealkylation sites (tertiary alicyclic amines) is 1. The minimum absolute atomic E-state index is 0.743. The standard InChI is InChI=1S/C11H19N3/c1-13-8-3-2-5-11(13)6-10-14-9-4-7-12-14/h4,7,9,11,13H,1-3,5-6,8,10H2. The SMILES string of the molecule is [CH2-][NH+]1CCCCC1CCn1cccn1. The van der Waals surface area contributed by atoms with E-state index in [-0.39, 0.29) is 0 Å². The van der Waals surface area contributed by atoms with E-state index in [9.17, 15) is 0 Å². The third-order valence-corrected chi connectivity index (χ3v) is 3.14. The van der Waals surface area contributed by atoms with Gasteiger partial charge in [0, 0.05) is 25.4 Å². The first-order valence-corrected chi connectivity index (χ1v) is 5.51. The molecule has 1 aromatic heterocycles. The van der Waals surface area contributed by atoms with Gasteiger partial charge in [0.2, 0.25) is 0 Å². The number of quaternary nitrogens is 1. The fourth-order valence-electron chi connectivity index (χ4n) is 2.22. The summed E-state index contributed by atoms with van der Waals surface area (Å²) in [6, 6.07) is 2.73. The number of hydrogen-bond acceptors (Lipinski definition) is 1. The lowest BCUT2D eigenvalue weighted by molar-refractivity contribution is -0.887. The lowest BCUT2D eigenvalue weighted by Crippen LogP contribution is -3.11. The van der Waals surface area contributed by atoms with E-state index in [1.807, 2.05) is 23.1 Å². The molecular formula is C11H19N3. The maximum Gasteiger partial charge on any atom is 0.0653 e. The summed E-state index contributed by atoms with van der Waals surface area (Å²) in [7, 11) is 4.17. The Balaban J connectivity index is 1.79. The summed E-state index contributed by atoms with van der Waals surface area (Å²) in [6.45, 7) is 2.28. The third-order valence-electron chi connectivity index (χ3n) is 3.14. The van der Waals surface area contributed by atoms with E-state index in [0.29, 0.717) is 0 Å². The monoisotopic (exact) mass is 193 g/mol. The van der Waals surface area contributed by atoms with Gasteiger partial charge in [-0.2, -0.15) is 12.1 Å². The number of aromatic nitrogens is 2. The normalized spacial score (nSPS) is 27.8. The summed E-state index contributed by atoms with van der Waals surface area (Å²) in [5.41, 5.74) is 0. The molecule has 2 rings (SSSR count). The van der Waals surface area contributed by atoms with Crippen LogP contribution >= 0.6 is 0 Å². The average molecular weight is 193 g/mol. The van der Waals surface area contributed by atoms with Gasteiger partial charge < -0.3 is 4.90 Å². The van der Waals surface area contributed by atoms with Crippen LogP contribution in [0, 0.1) is 7.05 Å². The molecule has 1 N–H and O–H groups in total. The average Bonchev–Trinajstić information content (AvgIpc) is 2.69. The molecular weight excluding hydrogens is 174 g/mol. The van der Waals surface area contributed by atoms with Gasteiger partial charge in [0.1, 0.15) is 0 Å². The second-order valence-electron chi connectivity index (χ2n) is 4.16. The Morgan fingerprint density at radius 1 is 1.50 bits per heavy atom. The Hall–Kier alpha value is -0.830. The largest absolute Gasteiger partial charge is 0.465 e. The molecule has 2 unspecified atom stereocenters. The summed E-state index contributed by atoms with van der Waals surface area (Å²) >= 11 is 0. The highest BCUT2D eigenvalue weighted by molar-refractivity contribution is 4.78. The molecule has 1 fully saturated rings. The van der Waals surface area contributed by atoms with E-state index < -0.39 is 0 Å². The van der Waals surface area contributed by atoms with Crippen molar-refractivity contribution in [1.29, 1.82) is 0 Å². The maximum absolute atomic E-state index is 4.21. The number of piperidine rings is 1. The van der Waals surface area contributed by atoms with Crippen molar-refractivity contribution in [3.05, 3.63) is 25.5 Å². The van der Waals surface area contributed by atoms with Crippen molar-refractivity contribution >= 4 is 0 Å². The Bertz CT molecular complexity index is 256. The number of nitrogens with one attached hydrogen (secondary N) is 1. The van der Waals surface area contributed by atoms with Crippen molar-refractivity contribution in [1.82, 2.24) is 9.78 Å². The molecule has 0 aromatic carbocycles. The smallest absolute Gasteiger partial charge is 0.0653 e. The highest BCUT2D eigenvalue weighted by Gasteiger charge is 2.18. The Morgan fingerprint density at radius 3 is 3.14 bits per heavy atom. The van der Waals surface area contributed by atoms with E-state index in [1.165, 1.54) is 37.1 Å². The molecule has 3 nitrogen and oxygen atoms in total. The molecule has 1 aromatic rings. The van der Waals surface area contributed by atoms with Gasteiger partial charge >= 0.3 is 0 Å². The molecule has 2 atom stereocenters. The molecule has 78 valence electrons. The first-order chi connectivity index (χ1) is 6.86. The zero-order valence-corrected chi connectivity index (χ0v) is 8.65. The van der Waals surface area contributed by atoms with E-state index >= 15 is 0 Å². The molecule has 0 bridgehead atoms. The molecule has 1 aliphatic heterocycles. The van der Waals surface area contributed by atoms with Gasteiger partial charge in [-0.15, -0.1) is 0 Å². The molecule has 3 heteroatoms. The first-order valence-electron chi connectivity index (χ1n) is 5.51. The van der Waals surface area contributed by atoms with Gasteiger partial charge in [-0.1, -0.05) is 0 Å². The molecule has 0 aliphatic carbocycles. The lowest BCUT2D eigenvalue weighted by Gasteiger charge is -2.35. The Labute approximate surface area is 85.7 Å². The molecule has 2 heterocycles. The maximum atomic E-state index is 4.21. The summed E-state index contributed by atoms with van der Waals surface area (Å²) < 4.78 is 2.02. The molecule has 1 saturated heterocycles. The Kier molecular flexibility index (Phi) is 3.19. The first kappa shape index (κ1) is 9.71. The Morgan fingerprint density at radius 2 is 2.43 bits per heavy atom. The van der Waals surface area contributed by atoms with Gasteiger partial charge in [-0.25, -0.2) is 0 Å². The number of rotatable bonds is 3. The minimum Gasteiger partial charge on any atom is -0.465 e. The number of hydrogen-bond donors (Lipinski definition) is 1. The number of aryl methyl sites for hydroxylation is 1. The van der Waals surface area contributed by atoms with E-state index in [4.69, 9.17) is 0 Å².